The summed E-state index contributed by atoms with van der Waals surface area (Å²) >= 11 is 0. The van der Waals surface area contributed by atoms with Gasteiger partial charge in [-0.1, -0.05) is 64.0 Å². The van der Waals surface area contributed by atoms with Gasteiger partial charge >= 0.3 is 0 Å². The molecule has 0 heterocycles. The molecule has 0 amide bonds. The van der Waals surface area contributed by atoms with E-state index in [-0.39, 0.29) is 42.0 Å². The summed E-state index contributed by atoms with van der Waals surface area (Å²) in [6.45, 7) is 2.97. The summed E-state index contributed by atoms with van der Waals surface area (Å²) in [7, 11) is 0. The number of rotatable bonds is 11. The van der Waals surface area contributed by atoms with Crippen LogP contribution in [0.15, 0.2) is 24.3 Å². The van der Waals surface area contributed by atoms with E-state index < -0.39 is 5.92 Å². The fourth-order valence-electron chi connectivity index (χ4n) is 4.97. The molecule has 2 fully saturated rings. The Balaban J connectivity index is 1.42. The Kier molecular flexibility index (Phi) is 8.65. The van der Waals surface area contributed by atoms with Gasteiger partial charge in [0.25, 0.3) is 0 Å². The van der Waals surface area contributed by atoms with E-state index in [1.165, 1.54) is 44.9 Å². The van der Waals surface area contributed by atoms with Gasteiger partial charge in [-0.25, -0.2) is 0 Å². The van der Waals surface area contributed by atoms with Crippen molar-refractivity contribution in [3.63, 3.8) is 0 Å². The maximum absolute atomic E-state index is 13.0. The molecule has 0 spiro atoms. The summed E-state index contributed by atoms with van der Waals surface area (Å²) in [6, 6.07) is 7.82. The average Bonchev–Trinajstić information content (AvgIpc) is 2.74. The summed E-state index contributed by atoms with van der Waals surface area (Å²) in [5.41, 5.74) is 0.975. The maximum atomic E-state index is 13.0. The van der Waals surface area contributed by atoms with Crippen LogP contribution in [-0.2, 0) is 14.4 Å². The van der Waals surface area contributed by atoms with Gasteiger partial charge in [-0.05, 0) is 37.0 Å². The van der Waals surface area contributed by atoms with Crippen molar-refractivity contribution in [2.45, 2.75) is 89.9 Å². The smallest absolute Gasteiger partial charge is 0.144 e. The van der Waals surface area contributed by atoms with E-state index in [0.29, 0.717) is 12.8 Å². The molecule has 1 aromatic rings. The lowest BCUT2D eigenvalue weighted by atomic mass is 9.64. The number of hydrogen-bond donors (Lipinski definition) is 0. The maximum Gasteiger partial charge on any atom is 0.144 e. The van der Waals surface area contributed by atoms with Gasteiger partial charge in [-0.15, -0.1) is 0 Å². The van der Waals surface area contributed by atoms with Crippen LogP contribution in [0.25, 0.3) is 0 Å². The molecule has 2 saturated carbocycles. The van der Waals surface area contributed by atoms with E-state index in [9.17, 15) is 14.4 Å². The van der Waals surface area contributed by atoms with Crippen LogP contribution in [0.1, 0.15) is 95.5 Å². The molecule has 2 aliphatic rings. The van der Waals surface area contributed by atoms with Crippen LogP contribution in [-0.4, -0.2) is 24.0 Å². The van der Waals surface area contributed by atoms with E-state index in [2.05, 4.69) is 6.92 Å². The van der Waals surface area contributed by atoms with Crippen molar-refractivity contribution >= 4 is 17.3 Å². The Hall–Kier alpha value is -1.97. The van der Waals surface area contributed by atoms with E-state index >= 15 is 0 Å². The highest BCUT2D eigenvalue weighted by Crippen LogP contribution is 2.41. The van der Waals surface area contributed by atoms with Crippen LogP contribution < -0.4 is 4.74 Å². The Morgan fingerprint density at radius 2 is 1.50 bits per heavy atom. The molecular formula is C26H36O4. The molecule has 0 aliphatic heterocycles. The summed E-state index contributed by atoms with van der Waals surface area (Å²) in [5, 5.41) is 0. The van der Waals surface area contributed by atoms with Crippen molar-refractivity contribution in [1.29, 1.82) is 0 Å². The van der Waals surface area contributed by atoms with Gasteiger partial charge in [0.05, 0.1) is 13.0 Å². The zero-order valence-electron chi connectivity index (χ0n) is 18.4. The second-order valence-electron chi connectivity index (χ2n) is 9.02. The lowest BCUT2D eigenvalue weighted by Gasteiger charge is -2.36. The monoisotopic (exact) mass is 412 g/mol. The van der Waals surface area contributed by atoms with Gasteiger partial charge in [0.15, 0.2) is 0 Å². The van der Waals surface area contributed by atoms with Crippen molar-refractivity contribution in [1.82, 2.24) is 0 Å². The molecule has 0 saturated heterocycles. The average molecular weight is 413 g/mol. The Morgan fingerprint density at radius 1 is 0.833 bits per heavy atom. The highest BCUT2D eigenvalue weighted by Gasteiger charge is 2.45. The standard InChI is InChI=1S/C26H36O4/c1-2-3-4-5-6-7-8-9-16-30-21-12-10-19(11-13-21)22-14-15-23-24(26(22)29)17-20(27)18-25(23)28/h10-13,22-24H,2-9,14-18H2,1H3. The third-order valence-corrected chi connectivity index (χ3v) is 6.74. The first-order valence-corrected chi connectivity index (χ1v) is 11.9. The Bertz CT molecular complexity index is 721. The van der Waals surface area contributed by atoms with Crippen LogP contribution in [0.3, 0.4) is 0 Å². The number of Topliss-reactive ketones (excluding diaryl/α,β-unsaturated/α-hetero) is 3. The zero-order chi connectivity index (χ0) is 21.3. The van der Waals surface area contributed by atoms with Gasteiger partial charge in [-0.2, -0.15) is 0 Å². The molecular weight excluding hydrogens is 376 g/mol. The number of benzene rings is 1. The predicted octanol–water partition coefficient (Wildman–Crippen LogP) is 5.82. The fraction of sp³-hybridized carbons (Fsp3) is 0.654. The first kappa shape index (κ1) is 22.7. The molecule has 0 N–H and O–H groups in total. The number of ketones is 3. The van der Waals surface area contributed by atoms with Crippen molar-refractivity contribution in [2.75, 3.05) is 6.61 Å². The molecule has 0 aromatic heterocycles. The third kappa shape index (κ3) is 6.02. The molecule has 4 heteroatoms. The molecule has 4 nitrogen and oxygen atoms in total. The van der Waals surface area contributed by atoms with Crippen molar-refractivity contribution in [2.24, 2.45) is 11.8 Å². The summed E-state index contributed by atoms with van der Waals surface area (Å²) < 4.78 is 5.86. The van der Waals surface area contributed by atoms with E-state index in [1.807, 2.05) is 24.3 Å². The van der Waals surface area contributed by atoms with Crippen LogP contribution in [0.4, 0.5) is 0 Å². The molecule has 3 atom stereocenters. The van der Waals surface area contributed by atoms with E-state index in [4.69, 9.17) is 4.74 Å². The van der Waals surface area contributed by atoms with E-state index in [0.717, 1.165) is 24.3 Å². The molecule has 164 valence electrons. The topological polar surface area (TPSA) is 60.4 Å². The van der Waals surface area contributed by atoms with Crippen LogP contribution in [0.2, 0.25) is 0 Å². The normalized spacial score (nSPS) is 24.0. The number of carbonyl (C=O) groups excluding carboxylic acids is 3. The third-order valence-electron chi connectivity index (χ3n) is 6.74. The Labute approximate surface area is 180 Å². The van der Waals surface area contributed by atoms with Crippen LogP contribution >= 0.6 is 0 Å². The predicted molar refractivity (Wildman–Crippen MR) is 118 cm³/mol. The van der Waals surface area contributed by atoms with Crippen molar-refractivity contribution in [3.05, 3.63) is 29.8 Å². The Morgan fingerprint density at radius 3 is 2.20 bits per heavy atom. The highest BCUT2D eigenvalue weighted by atomic mass is 16.5. The molecule has 0 bridgehead atoms. The number of unbranched alkanes of at least 4 members (excludes halogenated alkanes) is 7. The van der Waals surface area contributed by atoms with E-state index in [1.54, 1.807) is 0 Å². The van der Waals surface area contributed by atoms with Gasteiger partial charge in [0, 0.05) is 24.2 Å². The van der Waals surface area contributed by atoms with Gasteiger partial charge in [-0.3, -0.25) is 14.4 Å². The lowest BCUT2D eigenvalue weighted by molar-refractivity contribution is -0.144. The minimum atomic E-state index is -0.407. The largest absolute Gasteiger partial charge is 0.494 e. The molecule has 1 aromatic carbocycles. The number of ether oxygens (including phenoxy) is 1. The highest BCUT2D eigenvalue weighted by molar-refractivity contribution is 6.08. The quantitative estimate of drug-likeness (QED) is 0.339. The van der Waals surface area contributed by atoms with Gasteiger partial charge in [0.2, 0.25) is 0 Å². The summed E-state index contributed by atoms with van der Waals surface area (Å²) in [6.07, 6.45) is 11.9. The lowest BCUT2D eigenvalue weighted by Crippen LogP contribution is -2.43. The molecule has 3 unspecified atom stereocenters. The minimum Gasteiger partial charge on any atom is -0.494 e. The second kappa shape index (κ2) is 11.4. The number of carbonyl (C=O) groups is 3. The summed E-state index contributed by atoms with van der Waals surface area (Å²) in [5.74, 6) is -0.0540. The van der Waals surface area contributed by atoms with Gasteiger partial charge in [0.1, 0.15) is 23.1 Å². The molecule has 3 rings (SSSR count). The molecule has 0 radical (unpaired) electrons. The number of fused-ring (bicyclic) bond motifs is 1. The van der Waals surface area contributed by atoms with Gasteiger partial charge < -0.3 is 4.74 Å². The second-order valence-corrected chi connectivity index (χ2v) is 9.02. The fourth-order valence-corrected chi connectivity index (χ4v) is 4.97. The summed E-state index contributed by atoms with van der Waals surface area (Å²) in [4.78, 5) is 36.9. The first-order chi connectivity index (χ1) is 14.6. The SMILES string of the molecule is CCCCCCCCCCOc1ccc(C2CCC3C(=O)CC(=O)CC3C2=O)cc1. The molecule has 30 heavy (non-hydrogen) atoms. The zero-order valence-corrected chi connectivity index (χ0v) is 18.4. The van der Waals surface area contributed by atoms with Crippen LogP contribution in [0, 0.1) is 11.8 Å². The van der Waals surface area contributed by atoms with Crippen molar-refractivity contribution < 1.29 is 19.1 Å². The minimum absolute atomic E-state index is 0.0179. The molecule has 2 aliphatic carbocycles. The number of hydrogen-bond acceptors (Lipinski definition) is 4. The van der Waals surface area contributed by atoms with Crippen molar-refractivity contribution in [3.8, 4) is 5.75 Å². The first-order valence-electron chi connectivity index (χ1n) is 11.9. The van der Waals surface area contributed by atoms with Crippen LogP contribution in [0.5, 0.6) is 5.75 Å².